The van der Waals surface area contributed by atoms with Crippen molar-refractivity contribution < 1.29 is 4.74 Å². The molecular weight excluding hydrogens is 206 g/mol. The predicted octanol–water partition coefficient (Wildman–Crippen LogP) is 2.53. The molecule has 0 aliphatic carbocycles. The van der Waals surface area contributed by atoms with E-state index in [0.29, 0.717) is 0 Å². The van der Waals surface area contributed by atoms with E-state index in [0.717, 1.165) is 19.6 Å². The smallest absolute Gasteiger partial charge is 0.0727 e. The van der Waals surface area contributed by atoms with Gasteiger partial charge in [0.25, 0.3) is 0 Å². The molecule has 0 amide bonds. The zero-order valence-corrected chi connectivity index (χ0v) is 10.2. The van der Waals surface area contributed by atoms with Crippen molar-refractivity contribution in [2.45, 2.75) is 25.9 Å². The molecule has 0 bridgehead atoms. The molecule has 0 saturated carbocycles. The summed E-state index contributed by atoms with van der Waals surface area (Å²) in [4.78, 5) is 3.88. The Hall–Kier alpha value is -0.380. The van der Waals surface area contributed by atoms with Gasteiger partial charge in [-0.3, -0.25) is 0 Å². The van der Waals surface area contributed by atoms with Gasteiger partial charge in [0.2, 0.25) is 0 Å². The standard InChI is InChI=1S/C7H8OS.C5H11N/c1-3-8-5-6-2-4-9-7(1)6;1-6-4-2-3-5-6/h2,4H,1,3,5H2;2-5H2,1H3. The maximum absolute atomic E-state index is 5.26. The van der Waals surface area contributed by atoms with E-state index >= 15 is 0 Å². The van der Waals surface area contributed by atoms with E-state index in [2.05, 4.69) is 23.4 Å². The zero-order valence-electron chi connectivity index (χ0n) is 9.37. The normalized spacial score (nSPS) is 20.6. The van der Waals surface area contributed by atoms with E-state index in [1.807, 2.05) is 11.3 Å². The van der Waals surface area contributed by atoms with Crippen molar-refractivity contribution in [3.8, 4) is 0 Å². The molecule has 2 aliphatic heterocycles. The van der Waals surface area contributed by atoms with Crippen molar-refractivity contribution in [3.63, 3.8) is 0 Å². The highest BCUT2D eigenvalue weighted by molar-refractivity contribution is 7.10. The van der Waals surface area contributed by atoms with Crippen LogP contribution >= 0.6 is 11.3 Å². The Bertz CT molecular complexity index is 271. The Morgan fingerprint density at radius 3 is 2.73 bits per heavy atom. The van der Waals surface area contributed by atoms with Gasteiger partial charge in [-0.2, -0.15) is 0 Å². The number of hydrogen-bond acceptors (Lipinski definition) is 3. The summed E-state index contributed by atoms with van der Waals surface area (Å²) in [5, 5.41) is 2.14. The van der Waals surface area contributed by atoms with E-state index in [1.165, 1.54) is 36.4 Å². The number of ether oxygens (including phenoxy) is 1. The zero-order chi connectivity index (χ0) is 10.5. The Morgan fingerprint density at radius 1 is 1.33 bits per heavy atom. The molecule has 1 aromatic heterocycles. The molecule has 0 aromatic carbocycles. The number of thiophene rings is 1. The van der Waals surface area contributed by atoms with Crippen LogP contribution in [0.5, 0.6) is 0 Å². The first-order valence-corrected chi connectivity index (χ1v) is 6.56. The highest BCUT2D eigenvalue weighted by Crippen LogP contribution is 2.21. The van der Waals surface area contributed by atoms with Gasteiger partial charge < -0.3 is 9.64 Å². The van der Waals surface area contributed by atoms with Gasteiger partial charge >= 0.3 is 0 Å². The van der Waals surface area contributed by atoms with Gasteiger partial charge in [0.1, 0.15) is 0 Å². The molecule has 3 heterocycles. The number of hydrogen-bond donors (Lipinski definition) is 0. The minimum absolute atomic E-state index is 0.832. The highest BCUT2D eigenvalue weighted by Gasteiger charge is 2.08. The lowest BCUT2D eigenvalue weighted by molar-refractivity contribution is 0.112. The van der Waals surface area contributed by atoms with Crippen LogP contribution in [0.4, 0.5) is 0 Å². The number of rotatable bonds is 0. The molecule has 3 heteroatoms. The second kappa shape index (κ2) is 5.64. The van der Waals surface area contributed by atoms with Crippen LogP contribution in [0.25, 0.3) is 0 Å². The number of likely N-dealkylation sites (tertiary alicyclic amines) is 1. The molecule has 2 nitrogen and oxygen atoms in total. The van der Waals surface area contributed by atoms with Crippen LogP contribution in [0.1, 0.15) is 23.3 Å². The summed E-state index contributed by atoms with van der Waals surface area (Å²) in [7, 11) is 2.17. The Balaban J connectivity index is 0.000000124. The molecule has 0 N–H and O–H groups in total. The van der Waals surface area contributed by atoms with Crippen LogP contribution in [0.2, 0.25) is 0 Å². The second-order valence-electron chi connectivity index (χ2n) is 4.18. The van der Waals surface area contributed by atoms with E-state index in [4.69, 9.17) is 4.74 Å². The van der Waals surface area contributed by atoms with Gasteiger partial charge in [-0.05, 0) is 50.0 Å². The van der Waals surface area contributed by atoms with Crippen molar-refractivity contribution >= 4 is 11.3 Å². The minimum atomic E-state index is 0.832. The van der Waals surface area contributed by atoms with Crippen LogP contribution < -0.4 is 0 Å². The van der Waals surface area contributed by atoms with Gasteiger partial charge in [-0.15, -0.1) is 11.3 Å². The second-order valence-corrected chi connectivity index (χ2v) is 5.18. The van der Waals surface area contributed by atoms with E-state index in [1.54, 1.807) is 0 Å². The fourth-order valence-corrected chi connectivity index (χ4v) is 2.81. The average molecular weight is 225 g/mol. The summed E-state index contributed by atoms with van der Waals surface area (Å²) >= 11 is 1.85. The Kier molecular flexibility index (Phi) is 4.18. The van der Waals surface area contributed by atoms with E-state index < -0.39 is 0 Å². The van der Waals surface area contributed by atoms with Crippen LogP contribution in [0.3, 0.4) is 0 Å². The van der Waals surface area contributed by atoms with Gasteiger partial charge in [0.05, 0.1) is 13.2 Å². The first-order chi connectivity index (χ1) is 7.36. The Labute approximate surface area is 95.9 Å². The Morgan fingerprint density at radius 2 is 2.13 bits per heavy atom. The minimum Gasteiger partial charge on any atom is -0.376 e. The average Bonchev–Trinajstić information content (AvgIpc) is 2.88. The first-order valence-electron chi connectivity index (χ1n) is 5.68. The predicted molar refractivity (Wildman–Crippen MR) is 64.4 cm³/mol. The molecule has 1 saturated heterocycles. The van der Waals surface area contributed by atoms with Crippen LogP contribution in [-0.4, -0.2) is 31.6 Å². The third-order valence-electron chi connectivity index (χ3n) is 2.90. The molecule has 0 spiro atoms. The van der Waals surface area contributed by atoms with Crippen molar-refractivity contribution in [2.24, 2.45) is 0 Å². The van der Waals surface area contributed by atoms with Gasteiger partial charge in [0, 0.05) is 11.3 Å². The van der Waals surface area contributed by atoms with Crippen LogP contribution in [-0.2, 0) is 17.8 Å². The summed E-state index contributed by atoms with van der Waals surface area (Å²) in [5.41, 5.74) is 1.39. The first kappa shape index (κ1) is 11.1. The van der Waals surface area contributed by atoms with Crippen molar-refractivity contribution in [1.29, 1.82) is 0 Å². The van der Waals surface area contributed by atoms with Crippen LogP contribution in [0.15, 0.2) is 11.4 Å². The summed E-state index contributed by atoms with van der Waals surface area (Å²) in [6.07, 6.45) is 3.94. The molecule has 2 aliphatic rings. The summed E-state index contributed by atoms with van der Waals surface area (Å²) in [5.74, 6) is 0. The van der Waals surface area contributed by atoms with Crippen LogP contribution in [0, 0.1) is 0 Å². The maximum Gasteiger partial charge on any atom is 0.0727 e. The van der Waals surface area contributed by atoms with Gasteiger partial charge in [0.15, 0.2) is 0 Å². The van der Waals surface area contributed by atoms with Gasteiger partial charge in [-0.1, -0.05) is 0 Å². The van der Waals surface area contributed by atoms with E-state index in [-0.39, 0.29) is 0 Å². The fraction of sp³-hybridized carbons (Fsp3) is 0.667. The summed E-state index contributed by atoms with van der Waals surface area (Å²) < 4.78 is 5.26. The topological polar surface area (TPSA) is 12.5 Å². The third kappa shape index (κ3) is 3.30. The molecule has 0 unspecified atom stereocenters. The SMILES string of the molecule is CN1CCCC1.c1cc2c(s1)CCOC2. The quantitative estimate of drug-likeness (QED) is 0.673. The lowest BCUT2D eigenvalue weighted by Crippen LogP contribution is -2.10. The van der Waals surface area contributed by atoms with Crippen molar-refractivity contribution in [2.75, 3.05) is 26.7 Å². The lowest BCUT2D eigenvalue weighted by Gasteiger charge is -2.10. The molecule has 84 valence electrons. The molecular formula is C12H19NOS. The monoisotopic (exact) mass is 225 g/mol. The summed E-state index contributed by atoms with van der Waals surface area (Å²) in [6, 6.07) is 2.15. The third-order valence-corrected chi connectivity index (χ3v) is 3.92. The molecule has 3 rings (SSSR count). The number of nitrogens with zero attached hydrogens (tertiary/aromatic N) is 1. The molecule has 0 atom stereocenters. The van der Waals surface area contributed by atoms with Crippen molar-refractivity contribution in [3.05, 3.63) is 21.9 Å². The maximum atomic E-state index is 5.26. The van der Waals surface area contributed by atoms with E-state index in [9.17, 15) is 0 Å². The van der Waals surface area contributed by atoms with Gasteiger partial charge in [-0.25, -0.2) is 0 Å². The summed E-state index contributed by atoms with van der Waals surface area (Å²) in [6.45, 7) is 4.38. The number of fused-ring (bicyclic) bond motifs is 1. The molecule has 0 radical (unpaired) electrons. The van der Waals surface area contributed by atoms with Crippen molar-refractivity contribution in [1.82, 2.24) is 4.90 Å². The largest absolute Gasteiger partial charge is 0.376 e. The lowest BCUT2D eigenvalue weighted by atomic mass is 10.2. The molecule has 1 aromatic rings. The highest BCUT2D eigenvalue weighted by atomic mass is 32.1. The fourth-order valence-electron chi connectivity index (χ4n) is 1.94. The molecule has 15 heavy (non-hydrogen) atoms. The molecule has 1 fully saturated rings.